The van der Waals surface area contributed by atoms with Crippen LogP contribution in [0.2, 0.25) is 10.0 Å². The van der Waals surface area contributed by atoms with E-state index in [1.54, 1.807) is 13.2 Å². The van der Waals surface area contributed by atoms with Gasteiger partial charge in [0.15, 0.2) is 0 Å². The number of halogens is 2. The molecule has 2 amide bonds. The Labute approximate surface area is 163 Å². The molecule has 0 spiro atoms. The Hall–Kier alpha value is -2.11. The van der Waals surface area contributed by atoms with E-state index in [1.165, 1.54) is 0 Å². The van der Waals surface area contributed by atoms with Crippen LogP contribution in [0.25, 0.3) is 0 Å². The Morgan fingerprint density at radius 2 is 1.73 bits per heavy atom. The minimum absolute atomic E-state index is 0.0697. The predicted octanol–water partition coefficient (Wildman–Crippen LogP) is 4.03. The van der Waals surface area contributed by atoms with Crippen molar-refractivity contribution in [3.63, 3.8) is 0 Å². The highest BCUT2D eigenvalue weighted by Crippen LogP contribution is 2.26. The Morgan fingerprint density at radius 1 is 1.08 bits per heavy atom. The lowest BCUT2D eigenvalue weighted by Gasteiger charge is -2.36. The highest BCUT2D eigenvalue weighted by atomic mass is 35.5. The van der Waals surface area contributed by atoms with Crippen molar-refractivity contribution >= 4 is 34.9 Å². The molecule has 0 aromatic heterocycles. The smallest absolute Gasteiger partial charge is 0.317 e. The maximum Gasteiger partial charge on any atom is 0.317 e. The molecule has 2 aromatic rings. The van der Waals surface area contributed by atoms with E-state index in [1.807, 2.05) is 41.3 Å². The third kappa shape index (κ3) is 4.54. The van der Waals surface area contributed by atoms with Crippen LogP contribution in [-0.2, 0) is 6.54 Å². The maximum absolute atomic E-state index is 12.4. The summed E-state index contributed by atoms with van der Waals surface area (Å²) in [5.41, 5.74) is 1.94. The minimum Gasteiger partial charge on any atom is -0.496 e. The molecule has 0 bridgehead atoms. The first kappa shape index (κ1) is 18.7. The molecule has 1 aliphatic heterocycles. The molecule has 3 rings (SSSR count). The molecule has 1 aliphatic rings. The van der Waals surface area contributed by atoms with E-state index < -0.39 is 0 Å². The third-order valence-electron chi connectivity index (χ3n) is 4.40. The molecule has 0 radical (unpaired) electrons. The van der Waals surface area contributed by atoms with Gasteiger partial charge in [-0.25, -0.2) is 4.79 Å². The fourth-order valence-electron chi connectivity index (χ4n) is 3.02. The molecule has 7 heteroatoms. The van der Waals surface area contributed by atoms with Gasteiger partial charge >= 0.3 is 6.03 Å². The molecule has 1 N–H and O–H groups in total. The van der Waals surface area contributed by atoms with Gasteiger partial charge in [-0.3, -0.25) is 0 Å². The number of nitrogens with one attached hydrogen (secondary N) is 1. The van der Waals surface area contributed by atoms with E-state index in [0.717, 1.165) is 30.1 Å². The van der Waals surface area contributed by atoms with E-state index in [-0.39, 0.29) is 6.03 Å². The Morgan fingerprint density at radius 3 is 2.38 bits per heavy atom. The third-order valence-corrected chi connectivity index (χ3v) is 4.84. The normalized spacial score (nSPS) is 14.3. The van der Waals surface area contributed by atoms with Crippen LogP contribution < -0.4 is 15.0 Å². The first-order valence-electron chi connectivity index (χ1n) is 8.42. The number of urea groups is 1. The van der Waals surface area contributed by atoms with Crippen molar-refractivity contribution in [3.05, 3.63) is 58.1 Å². The summed E-state index contributed by atoms with van der Waals surface area (Å²) in [6, 6.07) is 13.1. The number of para-hydroxylation sites is 1. The first-order chi connectivity index (χ1) is 12.6. The number of methoxy groups -OCH3 is 1. The summed E-state index contributed by atoms with van der Waals surface area (Å²) >= 11 is 12.2. The summed E-state index contributed by atoms with van der Waals surface area (Å²) in [5.74, 6) is 0.774. The van der Waals surface area contributed by atoms with Gasteiger partial charge in [-0.15, -0.1) is 0 Å². The average Bonchev–Trinajstić information content (AvgIpc) is 2.65. The van der Waals surface area contributed by atoms with E-state index in [9.17, 15) is 4.79 Å². The zero-order valence-electron chi connectivity index (χ0n) is 14.5. The van der Waals surface area contributed by atoms with Crippen molar-refractivity contribution in [2.75, 3.05) is 38.2 Å². The van der Waals surface area contributed by atoms with Gasteiger partial charge in [0.05, 0.1) is 7.11 Å². The minimum atomic E-state index is -0.0697. The van der Waals surface area contributed by atoms with Crippen LogP contribution in [0.5, 0.6) is 5.75 Å². The SMILES string of the molecule is COc1ccccc1CNC(=O)N1CCN(c2cc(Cl)cc(Cl)c2)CC1. The van der Waals surface area contributed by atoms with Crippen LogP contribution in [0.1, 0.15) is 5.56 Å². The molecule has 2 aromatic carbocycles. The summed E-state index contributed by atoms with van der Waals surface area (Å²) < 4.78 is 5.31. The van der Waals surface area contributed by atoms with E-state index in [2.05, 4.69) is 10.2 Å². The molecule has 26 heavy (non-hydrogen) atoms. The summed E-state index contributed by atoms with van der Waals surface area (Å²) in [7, 11) is 1.63. The van der Waals surface area contributed by atoms with Gasteiger partial charge in [-0.05, 0) is 24.3 Å². The number of ether oxygens (including phenoxy) is 1. The van der Waals surface area contributed by atoms with Gasteiger partial charge in [-0.1, -0.05) is 41.4 Å². The molecule has 0 unspecified atom stereocenters. The lowest BCUT2D eigenvalue weighted by Crippen LogP contribution is -2.51. The van der Waals surface area contributed by atoms with Crippen LogP contribution in [-0.4, -0.2) is 44.2 Å². The monoisotopic (exact) mass is 393 g/mol. The zero-order valence-corrected chi connectivity index (χ0v) is 16.1. The Kier molecular flexibility index (Phi) is 6.12. The molecule has 1 saturated heterocycles. The summed E-state index contributed by atoms with van der Waals surface area (Å²) in [5, 5.41) is 4.19. The van der Waals surface area contributed by atoms with Crippen LogP contribution in [0.15, 0.2) is 42.5 Å². The van der Waals surface area contributed by atoms with Crippen molar-refractivity contribution in [1.82, 2.24) is 10.2 Å². The summed E-state index contributed by atoms with van der Waals surface area (Å²) in [6.07, 6.45) is 0. The van der Waals surface area contributed by atoms with Crippen LogP contribution in [0, 0.1) is 0 Å². The van der Waals surface area contributed by atoms with Gasteiger partial charge in [0.1, 0.15) is 5.75 Å². The standard InChI is InChI=1S/C19H21Cl2N3O2/c1-26-18-5-3-2-4-14(18)13-22-19(25)24-8-6-23(7-9-24)17-11-15(20)10-16(21)12-17/h2-5,10-12H,6-9,13H2,1H3,(H,22,25). The van der Waals surface area contributed by atoms with Crippen LogP contribution in [0.3, 0.4) is 0 Å². The van der Waals surface area contributed by atoms with E-state index in [0.29, 0.717) is 29.7 Å². The second kappa shape index (κ2) is 8.52. The van der Waals surface area contributed by atoms with Crippen molar-refractivity contribution in [1.29, 1.82) is 0 Å². The number of anilines is 1. The highest BCUT2D eigenvalue weighted by molar-refractivity contribution is 6.35. The zero-order chi connectivity index (χ0) is 18.5. The number of hydrogen-bond donors (Lipinski definition) is 1. The number of carbonyl (C=O) groups excluding carboxylic acids is 1. The fraction of sp³-hybridized carbons (Fsp3) is 0.316. The fourth-order valence-corrected chi connectivity index (χ4v) is 3.54. The van der Waals surface area contributed by atoms with Gasteiger partial charge in [0.25, 0.3) is 0 Å². The number of rotatable bonds is 4. The number of piperazine rings is 1. The largest absolute Gasteiger partial charge is 0.496 e. The van der Waals surface area contributed by atoms with Gasteiger partial charge in [0, 0.05) is 54.0 Å². The second-order valence-corrected chi connectivity index (χ2v) is 6.95. The molecule has 1 fully saturated rings. The Bertz CT molecular complexity index is 757. The molecule has 0 saturated carbocycles. The molecule has 138 valence electrons. The van der Waals surface area contributed by atoms with Crippen LogP contribution in [0.4, 0.5) is 10.5 Å². The maximum atomic E-state index is 12.4. The first-order valence-corrected chi connectivity index (χ1v) is 9.18. The van der Waals surface area contributed by atoms with Crippen molar-refractivity contribution in [2.45, 2.75) is 6.54 Å². The van der Waals surface area contributed by atoms with Gasteiger partial charge in [0.2, 0.25) is 0 Å². The lowest BCUT2D eigenvalue weighted by molar-refractivity contribution is 0.194. The van der Waals surface area contributed by atoms with E-state index in [4.69, 9.17) is 27.9 Å². The van der Waals surface area contributed by atoms with Crippen molar-refractivity contribution in [2.24, 2.45) is 0 Å². The molecular formula is C19H21Cl2N3O2. The Balaban J connectivity index is 1.53. The number of nitrogens with zero attached hydrogens (tertiary/aromatic N) is 2. The number of carbonyl (C=O) groups is 1. The summed E-state index contributed by atoms with van der Waals surface area (Å²) in [6.45, 7) is 3.19. The summed E-state index contributed by atoms with van der Waals surface area (Å²) in [4.78, 5) is 16.4. The van der Waals surface area contributed by atoms with Gasteiger partial charge < -0.3 is 19.9 Å². The molecule has 0 atom stereocenters. The highest BCUT2D eigenvalue weighted by Gasteiger charge is 2.21. The molecule has 1 heterocycles. The molecular weight excluding hydrogens is 373 g/mol. The number of amides is 2. The van der Waals surface area contributed by atoms with Crippen LogP contribution >= 0.6 is 23.2 Å². The topological polar surface area (TPSA) is 44.8 Å². The average molecular weight is 394 g/mol. The van der Waals surface area contributed by atoms with Gasteiger partial charge in [-0.2, -0.15) is 0 Å². The number of hydrogen-bond acceptors (Lipinski definition) is 3. The second-order valence-electron chi connectivity index (χ2n) is 6.07. The molecule has 0 aliphatic carbocycles. The predicted molar refractivity (Wildman–Crippen MR) is 105 cm³/mol. The van der Waals surface area contributed by atoms with E-state index >= 15 is 0 Å². The van der Waals surface area contributed by atoms with Crippen molar-refractivity contribution in [3.8, 4) is 5.75 Å². The quantitative estimate of drug-likeness (QED) is 0.852. The van der Waals surface area contributed by atoms with Crippen molar-refractivity contribution < 1.29 is 9.53 Å². The lowest BCUT2D eigenvalue weighted by atomic mass is 10.2. The molecule has 5 nitrogen and oxygen atoms in total. The number of benzene rings is 2.